The first-order valence-electron chi connectivity index (χ1n) is 15.1. The Bertz CT molecular complexity index is 568. The molecule has 0 radical (unpaired) electrons. The molecule has 0 saturated carbocycles. The van der Waals surface area contributed by atoms with Gasteiger partial charge in [0.2, 0.25) is 0 Å². The summed E-state index contributed by atoms with van der Waals surface area (Å²) in [6.07, 6.45) is 21.0. The van der Waals surface area contributed by atoms with Crippen LogP contribution in [-0.4, -0.2) is 60.7 Å². The number of hydrogen-bond acceptors (Lipinski definition) is 5. The molecule has 8 heteroatoms. The Morgan fingerprint density at radius 1 is 0.676 bits per heavy atom. The van der Waals surface area contributed by atoms with Crippen LogP contribution in [0.4, 0.5) is 0 Å². The van der Waals surface area contributed by atoms with E-state index in [4.69, 9.17) is 21.3 Å². The number of aliphatic carboxylic acids is 1. The molecule has 37 heavy (non-hydrogen) atoms. The molecule has 8 nitrogen and oxygen atoms in total. The minimum atomic E-state index is -0.703. The van der Waals surface area contributed by atoms with Gasteiger partial charge in [-0.2, -0.15) is 0 Å². The molecule has 0 aliphatic heterocycles. The normalized spacial score (nSPS) is 11.1. The number of hydrogen-bond donors (Lipinski definition) is 3. The lowest BCUT2D eigenvalue weighted by molar-refractivity contribution is -0.144. The number of nitrogens with two attached hydrogens (primary N) is 2. The van der Waals surface area contributed by atoms with Crippen molar-refractivity contribution in [1.29, 1.82) is 0 Å². The van der Waals surface area contributed by atoms with Crippen molar-refractivity contribution >= 4 is 17.9 Å². The van der Waals surface area contributed by atoms with Crippen LogP contribution in [0.15, 0.2) is 4.99 Å². The largest absolute Gasteiger partial charge is 0.481 e. The molecular formula is C29H58N4O4. The van der Waals surface area contributed by atoms with Gasteiger partial charge in [0.05, 0.1) is 6.61 Å². The predicted molar refractivity (Wildman–Crippen MR) is 154 cm³/mol. The van der Waals surface area contributed by atoms with Crippen LogP contribution < -0.4 is 11.5 Å². The quantitative estimate of drug-likeness (QED) is 0.0492. The van der Waals surface area contributed by atoms with E-state index in [0.717, 1.165) is 96.7 Å². The van der Waals surface area contributed by atoms with Crippen molar-refractivity contribution in [3.63, 3.8) is 0 Å². The molecule has 0 aliphatic rings. The van der Waals surface area contributed by atoms with Crippen molar-refractivity contribution in [1.82, 2.24) is 4.90 Å². The number of carbonyl (C=O) groups is 2. The fourth-order valence-corrected chi connectivity index (χ4v) is 4.43. The summed E-state index contributed by atoms with van der Waals surface area (Å²) in [4.78, 5) is 29.1. The SMILES string of the molecule is CCCCCCCCCOC(=O)CCCCCCCN(CCCCCCCC(=O)O)CCCN=C(N)N. The molecule has 0 aromatic rings. The molecule has 0 aromatic carbocycles. The number of aliphatic imine (C=N–C) groups is 1. The summed E-state index contributed by atoms with van der Waals surface area (Å²) < 4.78 is 5.37. The molecule has 0 bridgehead atoms. The highest BCUT2D eigenvalue weighted by Gasteiger charge is 2.06. The number of unbranched alkanes of at least 4 members (excludes halogenated alkanes) is 14. The highest BCUT2D eigenvalue weighted by molar-refractivity contribution is 5.75. The summed E-state index contributed by atoms with van der Waals surface area (Å²) >= 11 is 0. The number of carbonyl (C=O) groups excluding carboxylic acids is 1. The highest BCUT2D eigenvalue weighted by atomic mass is 16.5. The molecule has 0 saturated heterocycles. The maximum absolute atomic E-state index is 11.9. The van der Waals surface area contributed by atoms with E-state index >= 15 is 0 Å². The third kappa shape index (κ3) is 28.6. The van der Waals surface area contributed by atoms with Gasteiger partial charge in [0.25, 0.3) is 0 Å². The summed E-state index contributed by atoms with van der Waals surface area (Å²) in [5.74, 6) is -0.596. The minimum Gasteiger partial charge on any atom is -0.481 e. The highest BCUT2D eigenvalue weighted by Crippen LogP contribution is 2.11. The molecule has 218 valence electrons. The second-order valence-electron chi connectivity index (χ2n) is 10.3. The predicted octanol–water partition coefficient (Wildman–Crippen LogP) is 6.01. The Balaban J connectivity index is 3.83. The molecule has 0 rings (SSSR count). The van der Waals surface area contributed by atoms with Gasteiger partial charge >= 0.3 is 11.9 Å². The van der Waals surface area contributed by atoms with E-state index < -0.39 is 5.97 Å². The number of nitrogens with zero attached hydrogens (tertiary/aromatic N) is 2. The van der Waals surface area contributed by atoms with Crippen LogP contribution in [0.5, 0.6) is 0 Å². The number of rotatable bonds is 28. The molecule has 0 spiro atoms. The average Bonchev–Trinajstić information content (AvgIpc) is 2.86. The zero-order chi connectivity index (χ0) is 27.4. The van der Waals surface area contributed by atoms with E-state index in [1.54, 1.807) is 0 Å². The summed E-state index contributed by atoms with van der Waals surface area (Å²) in [6, 6.07) is 0. The number of carboxylic acid groups (broad SMARTS) is 1. The molecule has 5 N–H and O–H groups in total. The van der Waals surface area contributed by atoms with E-state index in [9.17, 15) is 9.59 Å². The van der Waals surface area contributed by atoms with E-state index in [-0.39, 0.29) is 18.3 Å². The Kier molecular flexibility index (Phi) is 25.9. The van der Waals surface area contributed by atoms with Gasteiger partial charge in [0.15, 0.2) is 5.96 Å². The molecule has 0 aliphatic carbocycles. The smallest absolute Gasteiger partial charge is 0.305 e. The van der Waals surface area contributed by atoms with Gasteiger partial charge in [-0.1, -0.05) is 84.0 Å². The maximum atomic E-state index is 11.9. The Morgan fingerprint density at radius 2 is 1.16 bits per heavy atom. The number of guanidine groups is 1. The molecule has 0 aromatic heterocycles. The van der Waals surface area contributed by atoms with Crippen LogP contribution in [0.1, 0.15) is 135 Å². The standard InChI is InChI=1S/C29H58N4O4/c1-2-3-4-5-6-13-18-26-37-28(36)21-15-10-8-12-17-24-33(25-19-22-32-29(30)31)23-16-11-7-9-14-20-27(34)35/h2-26H2,1H3,(H,34,35)(H4,30,31,32). The van der Waals surface area contributed by atoms with Crippen LogP contribution in [0.25, 0.3) is 0 Å². The zero-order valence-corrected chi connectivity index (χ0v) is 23.9. The van der Waals surface area contributed by atoms with Crippen molar-refractivity contribution in [2.24, 2.45) is 16.5 Å². The lowest BCUT2D eigenvalue weighted by Gasteiger charge is -2.22. The van der Waals surface area contributed by atoms with Crippen LogP contribution in [0.2, 0.25) is 0 Å². The van der Waals surface area contributed by atoms with Crippen molar-refractivity contribution in [2.75, 3.05) is 32.8 Å². The van der Waals surface area contributed by atoms with Crippen LogP contribution >= 0.6 is 0 Å². The fourth-order valence-electron chi connectivity index (χ4n) is 4.43. The average molecular weight is 527 g/mol. The van der Waals surface area contributed by atoms with Gasteiger partial charge in [0.1, 0.15) is 0 Å². The fraction of sp³-hybridized carbons (Fsp3) is 0.897. The lowest BCUT2D eigenvalue weighted by atomic mass is 10.1. The molecule has 0 heterocycles. The summed E-state index contributed by atoms with van der Waals surface area (Å²) in [6.45, 7) is 6.58. The van der Waals surface area contributed by atoms with Crippen molar-refractivity contribution < 1.29 is 19.4 Å². The van der Waals surface area contributed by atoms with Gasteiger partial charge in [-0.3, -0.25) is 14.6 Å². The van der Waals surface area contributed by atoms with Gasteiger partial charge in [-0.05, 0) is 58.2 Å². The van der Waals surface area contributed by atoms with E-state index in [1.165, 1.54) is 38.5 Å². The molecule has 0 amide bonds. The Labute approximate surface area is 227 Å². The van der Waals surface area contributed by atoms with Crippen molar-refractivity contribution in [3.05, 3.63) is 0 Å². The van der Waals surface area contributed by atoms with Gasteiger partial charge < -0.3 is 26.2 Å². The maximum Gasteiger partial charge on any atom is 0.305 e. The Hall–Kier alpha value is -1.83. The summed E-state index contributed by atoms with van der Waals surface area (Å²) in [5.41, 5.74) is 10.9. The van der Waals surface area contributed by atoms with Crippen LogP contribution in [0.3, 0.4) is 0 Å². The first kappa shape index (κ1) is 35.2. The van der Waals surface area contributed by atoms with Gasteiger partial charge in [-0.15, -0.1) is 0 Å². The number of esters is 1. The topological polar surface area (TPSA) is 131 Å². The Morgan fingerprint density at radius 3 is 1.73 bits per heavy atom. The van der Waals surface area contributed by atoms with Gasteiger partial charge in [-0.25, -0.2) is 0 Å². The first-order chi connectivity index (χ1) is 18.0. The lowest BCUT2D eigenvalue weighted by Crippen LogP contribution is -2.28. The minimum absolute atomic E-state index is 0.0408. The van der Waals surface area contributed by atoms with Gasteiger partial charge in [0, 0.05) is 19.4 Å². The molecule has 0 fully saturated rings. The van der Waals surface area contributed by atoms with Crippen LogP contribution in [0, 0.1) is 0 Å². The molecule has 0 atom stereocenters. The van der Waals surface area contributed by atoms with Crippen molar-refractivity contribution in [3.8, 4) is 0 Å². The second-order valence-corrected chi connectivity index (χ2v) is 10.3. The van der Waals surface area contributed by atoms with E-state index in [2.05, 4.69) is 16.8 Å². The number of ether oxygens (including phenoxy) is 1. The third-order valence-corrected chi connectivity index (χ3v) is 6.66. The third-order valence-electron chi connectivity index (χ3n) is 6.66. The second kappa shape index (κ2) is 27.2. The molecule has 0 unspecified atom stereocenters. The first-order valence-corrected chi connectivity index (χ1v) is 15.1. The summed E-state index contributed by atoms with van der Waals surface area (Å²) in [7, 11) is 0. The molecular weight excluding hydrogens is 468 g/mol. The van der Waals surface area contributed by atoms with E-state index in [0.29, 0.717) is 19.6 Å². The van der Waals surface area contributed by atoms with Crippen molar-refractivity contribution in [2.45, 2.75) is 135 Å². The summed E-state index contributed by atoms with van der Waals surface area (Å²) in [5, 5.41) is 8.72. The zero-order valence-electron chi connectivity index (χ0n) is 23.9. The van der Waals surface area contributed by atoms with Crippen LogP contribution in [-0.2, 0) is 14.3 Å². The monoisotopic (exact) mass is 526 g/mol. The number of carboxylic acids is 1. The van der Waals surface area contributed by atoms with E-state index in [1.807, 2.05) is 0 Å².